The van der Waals surface area contributed by atoms with Crippen LogP contribution in [-0.4, -0.2) is 15.3 Å². The average Bonchev–Trinajstić information content (AvgIpc) is 3.14. The van der Waals surface area contributed by atoms with Gasteiger partial charge in [0.25, 0.3) is 5.56 Å². The van der Waals surface area contributed by atoms with Crippen molar-refractivity contribution >= 4 is 33.3 Å². The molecule has 4 rings (SSSR count). The van der Waals surface area contributed by atoms with Crippen molar-refractivity contribution in [3.05, 3.63) is 63.3 Å². The van der Waals surface area contributed by atoms with Gasteiger partial charge in [0.05, 0.1) is 11.1 Å². The number of thiophene rings is 1. The molecule has 3 nitrogen and oxygen atoms in total. The second-order valence-electron chi connectivity index (χ2n) is 6.01. The lowest BCUT2D eigenvalue weighted by atomic mass is 10.2. The molecule has 24 heavy (non-hydrogen) atoms. The topological polar surface area (TPSA) is 34.9 Å². The molecule has 0 spiro atoms. The van der Waals surface area contributed by atoms with Gasteiger partial charge in [-0.15, -0.1) is 17.9 Å². The van der Waals surface area contributed by atoms with Crippen LogP contribution < -0.4 is 5.56 Å². The average molecular weight is 355 g/mol. The van der Waals surface area contributed by atoms with E-state index in [2.05, 4.69) is 6.58 Å². The van der Waals surface area contributed by atoms with E-state index in [-0.39, 0.29) is 5.56 Å². The molecule has 0 amide bonds. The van der Waals surface area contributed by atoms with Gasteiger partial charge in [0.2, 0.25) is 0 Å². The predicted octanol–water partition coefficient (Wildman–Crippen LogP) is 4.52. The molecule has 0 N–H and O–H groups in total. The fourth-order valence-corrected chi connectivity index (χ4v) is 5.23. The summed E-state index contributed by atoms with van der Waals surface area (Å²) in [7, 11) is 0. The van der Waals surface area contributed by atoms with Crippen molar-refractivity contribution in [1.82, 2.24) is 9.55 Å². The van der Waals surface area contributed by atoms with Crippen molar-refractivity contribution in [2.75, 3.05) is 5.75 Å². The molecular formula is C19H18N2OS2. The van der Waals surface area contributed by atoms with Gasteiger partial charge in [-0.05, 0) is 43.9 Å². The highest BCUT2D eigenvalue weighted by Crippen LogP contribution is 2.36. The Kier molecular flexibility index (Phi) is 4.06. The smallest absolute Gasteiger partial charge is 0.267 e. The summed E-state index contributed by atoms with van der Waals surface area (Å²) in [6.07, 6.45) is 5.07. The lowest BCUT2D eigenvalue weighted by Crippen LogP contribution is -2.21. The minimum absolute atomic E-state index is 0.0646. The van der Waals surface area contributed by atoms with E-state index < -0.39 is 0 Å². The molecule has 0 atom stereocenters. The Hall–Kier alpha value is -1.85. The van der Waals surface area contributed by atoms with Gasteiger partial charge in [0.1, 0.15) is 4.83 Å². The van der Waals surface area contributed by atoms with Gasteiger partial charge in [0.15, 0.2) is 5.16 Å². The second kappa shape index (κ2) is 6.22. The molecular weight excluding hydrogens is 336 g/mol. The fourth-order valence-electron chi connectivity index (χ4n) is 3.18. The molecule has 1 aromatic carbocycles. The number of thioether (sulfide) groups is 1. The molecule has 0 bridgehead atoms. The molecule has 2 heterocycles. The van der Waals surface area contributed by atoms with Crippen LogP contribution >= 0.6 is 23.1 Å². The van der Waals surface area contributed by atoms with Crippen molar-refractivity contribution in [1.29, 1.82) is 0 Å². The van der Waals surface area contributed by atoms with E-state index >= 15 is 0 Å². The van der Waals surface area contributed by atoms with Crippen molar-refractivity contribution in [2.45, 2.75) is 31.3 Å². The number of benzene rings is 1. The predicted molar refractivity (Wildman–Crippen MR) is 103 cm³/mol. The fraction of sp³-hybridized carbons (Fsp3) is 0.263. The van der Waals surface area contributed by atoms with Crippen LogP contribution in [0.1, 0.15) is 22.4 Å². The lowest BCUT2D eigenvalue weighted by Gasteiger charge is -2.12. The molecule has 0 saturated heterocycles. The van der Waals surface area contributed by atoms with Crippen LogP contribution in [0.2, 0.25) is 0 Å². The van der Waals surface area contributed by atoms with Gasteiger partial charge in [0, 0.05) is 10.6 Å². The summed E-state index contributed by atoms with van der Waals surface area (Å²) in [6, 6.07) is 8.06. The number of hydrogen-bond donors (Lipinski definition) is 0. The van der Waals surface area contributed by atoms with Crippen LogP contribution in [0.25, 0.3) is 15.9 Å². The molecule has 1 aliphatic rings. The molecule has 0 unspecified atom stereocenters. The van der Waals surface area contributed by atoms with Crippen LogP contribution in [0.4, 0.5) is 0 Å². The van der Waals surface area contributed by atoms with E-state index in [9.17, 15) is 4.79 Å². The molecule has 3 aromatic rings. The van der Waals surface area contributed by atoms with Crippen molar-refractivity contribution in [3.8, 4) is 5.69 Å². The molecule has 0 radical (unpaired) electrons. The SMILES string of the molecule is C=CCSc1nc2sc3c(c2c(=O)n1-c1ccc(C)cc1)CCC3. The first-order valence-corrected chi connectivity index (χ1v) is 9.87. The maximum atomic E-state index is 13.3. The highest BCUT2D eigenvalue weighted by Gasteiger charge is 2.23. The van der Waals surface area contributed by atoms with Gasteiger partial charge in [-0.25, -0.2) is 4.98 Å². The summed E-state index contributed by atoms with van der Waals surface area (Å²) in [5.74, 6) is 0.731. The molecule has 122 valence electrons. The Bertz CT molecular complexity index is 983. The molecule has 5 heteroatoms. The maximum absolute atomic E-state index is 13.3. The molecule has 2 aromatic heterocycles. The second-order valence-corrected chi connectivity index (χ2v) is 8.08. The third-order valence-corrected chi connectivity index (χ3v) is 6.45. The number of rotatable bonds is 4. The zero-order valence-corrected chi connectivity index (χ0v) is 15.2. The van der Waals surface area contributed by atoms with Crippen molar-refractivity contribution in [3.63, 3.8) is 0 Å². The number of hydrogen-bond acceptors (Lipinski definition) is 4. The Labute approximate surface area is 149 Å². The molecule has 0 aliphatic heterocycles. The number of nitrogens with zero attached hydrogens (tertiary/aromatic N) is 2. The Morgan fingerprint density at radius 2 is 2.12 bits per heavy atom. The first-order chi connectivity index (χ1) is 11.7. The Morgan fingerprint density at radius 1 is 1.33 bits per heavy atom. The van der Waals surface area contributed by atoms with E-state index in [1.54, 1.807) is 27.7 Å². The molecule has 1 aliphatic carbocycles. The van der Waals surface area contributed by atoms with Crippen LogP contribution in [-0.2, 0) is 12.8 Å². The maximum Gasteiger partial charge on any atom is 0.267 e. The lowest BCUT2D eigenvalue weighted by molar-refractivity contribution is 0.821. The molecule has 0 fully saturated rings. The van der Waals surface area contributed by atoms with E-state index in [1.807, 2.05) is 37.3 Å². The number of fused-ring (bicyclic) bond motifs is 3. The Balaban J connectivity index is 2.00. The van der Waals surface area contributed by atoms with Gasteiger partial charge in [-0.1, -0.05) is 35.5 Å². The first kappa shape index (κ1) is 15.7. The van der Waals surface area contributed by atoms with E-state index in [0.29, 0.717) is 0 Å². The molecule has 0 saturated carbocycles. The summed E-state index contributed by atoms with van der Waals surface area (Å²) < 4.78 is 1.77. The van der Waals surface area contributed by atoms with Gasteiger partial charge in [-0.3, -0.25) is 9.36 Å². The van der Waals surface area contributed by atoms with Crippen LogP contribution in [0.15, 0.2) is 46.9 Å². The summed E-state index contributed by atoms with van der Waals surface area (Å²) >= 11 is 3.25. The van der Waals surface area contributed by atoms with E-state index in [0.717, 1.165) is 46.1 Å². The number of aromatic nitrogens is 2. The third-order valence-electron chi connectivity index (χ3n) is 4.33. The van der Waals surface area contributed by atoms with Crippen molar-refractivity contribution < 1.29 is 0 Å². The summed E-state index contributed by atoms with van der Waals surface area (Å²) in [5.41, 5.74) is 3.35. The summed E-state index contributed by atoms with van der Waals surface area (Å²) in [6.45, 7) is 5.83. The van der Waals surface area contributed by atoms with Crippen LogP contribution in [0, 0.1) is 6.92 Å². The summed E-state index contributed by atoms with van der Waals surface area (Å²) in [4.78, 5) is 20.4. The minimum atomic E-state index is 0.0646. The van der Waals surface area contributed by atoms with E-state index in [4.69, 9.17) is 4.98 Å². The van der Waals surface area contributed by atoms with Gasteiger partial charge < -0.3 is 0 Å². The van der Waals surface area contributed by atoms with Gasteiger partial charge in [-0.2, -0.15) is 0 Å². The minimum Gasteiger partial charge on any atom is -0.268 e. The van der Waals surface area contributed by atoms with Crippen LogP contribution in [0.3, 0.4) is 0 Å². The zero-order chi connectivity index (χ0) is 16.7. The highest BCUT2D eigenvalue weighted by molar-refractivity contribution is 7.99. The quantitative estimate of drug-likeness (QED) is 0.392. The summed E-state index contributed by atoms with van der Waals surface area (Å²) in [5, 5.41) is 1.58. The van der Waals surface area contributed by atoms with Crippen LogP contribution in [0.5, 0.6) is 0 Å². The first-order valence-electron chi connectivity index (χ1n) is 8.07. The Morgan fingerprint density at radius 3 is 2.88 bits per heavy atom. The standard InChI is InChI=1S/C19H18N2OS2/c1-3-11-23-19-20-17-16(14-5-4-6-15(14)24-17)18(22)21(19)13-9-7-12(2)8-10-13/h3,7-10H,1,4-6,11H2,2H3. The largest absolute Gasteiger partial charge is 0.268 e. The third kappa shape index (κ3) is 2.52. The highest BCUT2D eigenvalue weighted by atomic mass is 32.2. The zero-order valence-electron chi connectivity index (χ0n) is 13.5. The monoisotopic (exact) mass is 354 g/mol. The van der Waals surface area contributed by atoms with Gasteiger partial charge >= 0.3 is 0 Å². The van der Waals surface area contributed by atoms with Crippen molar-refractivity contribution in [2.24, 2.45) is 0 Å². The van der Waals surface area contributed by atoms with E-state index in [1.165, 1.54) is 16.0 Å². The number of aryl methyl sites for hydroxylation is 3. The normalized spacial score (nSPS) is 13.4.